The summed E-state index contributed by atoms with van der Waals surface area (Å²) in [5, 5.41) is 5.35. The highest BCUT2D eigenvalue weighted by Crippen LogP contribution is 2.26. The number of nitrogens with two attached hydrogens (primary N) is 1. The van der Waals surface area contributed by atoms with E-state index in [-0.39, 0.29) is 122 Å². The maximum Gasteiger partial charge on any atom is 0.410 e. The second-order valence-electron chi connectivity index (χ2n) is 18.4. The van der Waals surface area contributed by atoms with Crippen molar-refractivity contribution in [2.24, 2.45) is 17.6 Å². The third-order valence-corrected chi connectivity index (χ3v) is 12.5. The Kier molecular flexibility index (Phi) is 27.2. The minimum atomic E-state index is -0.905. The summed E-state index contributed by atoms with van der Waals surface area (Å²) in [5.74, 6) is 4.27. The standard InChI is InChI=1S/C56H74N5O13P/c1-40(2)49(54(67)59-50(14-8-25-58-55(57)68)52(65)34-41-16-18-42(19-17-41)38-74-56(69)60(3)37-48(64)39-75)35-47(63)24-27-71-29-31-73-33-32-72-30-28-70-26-9-13-46(62)22-23-53(66)61-36-45-12-5-4-10-43(45)20-21-44-11-6-7-15-51(44)61/h4-7,10-12,15-19,40,49-50H,8-9,13-14,22-39,75H2,1-3H3,(H,59,67)(H3,57,58,68)/t49-,50-/m0/s1/i75D/t49-,50-,75?. The summed E-state index contributed by atoms with van der Waals surface area (Å²) in [6.07, 6.45) is 1.12. The van der Waals surface area contributed by atoms with E-state index in [0.29, 0.717) is 76.6 Å². The van der Waals surface area contributed by atoms with Crippen LogP contribution in [0.15, 0.2) is 72.8 Å². The first kappa shape index (κ1) is 59.5. The van der Waals surface area contributed by atoms with Crippen molar-refractivity contribution in [2.45, 2.75) is 90.8 Å². The van der Waals surface area contributed by atoms with Crippen LogP contribution in [0.4, 0.5) is 15.3 Å². The second kappa shape index (κ2) is 34.3. The fraction of sp³-hybridized carbons (Fsp3) is 0.500. The molecule has 19 heteroatoms. The molecular formula is C56H74N5O13P. The molecule has 0 fully saturated rings. The van der Waals surface area contributed by atoms with E-state index in [4.69, 9.17) is 30.7 Å². The molecule has 75 heavy (non-hydrogen) atoms. The molecule has 1 heterocycles. The van der Waals surface area contributed by atoms with Gasteiger partial charge < -0.3 is 49.9 Å². The Morgan fingerprint density at radius 2 is 1.36 bits per heavy atom. The molecular weight excluding hydrogens is 982 g/mol. The number of nitrogens with one attached hydrogen (secondary N) is 2. The molecule has 0 spiro atoms. The summed E-state index contributed by atoms with van der Waals surface area (Å²) in [6.45, 7) is 6.52. The Morgan fingerprint density at radius 1 is 0.733 bits per heavy atom. The van der Waals surface area contributed by atoms with Gasteiger partial charge >= 0.3 is 12.1 Å². The quantitative estimate of drug-likeness (QED) is 0.0367. The van der Waals surface area contributed by atoms with Gasteiger partial charge in [0.2, 0.25) is 11.8 Å². The highest BCUT2D eigenvalue weighted by Gasteiger charge is 2.29. The fourth-order valence-electron chi connectivity index (χ4n) is 7.84. The van der Waals surface area contributed by atoms with Gasteiger partial charge in [0, 0.05) is 81.9 Å². The van der Waals surface area contributed by atoms with Crippen LogP contribution in [-0.4, -0.2) is 138 Å². The van der Waals surface area contributed by atoms with Crippen LogP contribution in [0, 0.1) is 23.7 Å². The lowest BCUT2D eigenvalue weighted by molar-refractivity contribution is -0.134. The molecule has 3 atom stereocenters. The molecule has 3 aromatic carbocycles. The number of ketones is 4. The van der Waals surface area contributed by atoms with Crippen molar-refractivity contribution in [1.29, 1.82) is 1.28 Å². The van der Waals surface area contributed by atoms with E-state index in [1.807, 2.05) is 62.4 Å². The maximum absolute atomic E-state index is 13.6. The first-order valence-corrected chi connectivity index (χ1v) is 26.2. The smallest absolute Gasteiger partial charge is 0.410 e. The first-order valence-electron chi connectivity index (χ1n) is 26.0. The summed E-state index contributed by atoms with van der Waals surface area (Å²) in [5.41, 5.74) is 9.87. The molecule has 3 aromatic rings. The largest absolute Gasteiger partial charge is 0.445 e. The van der Waals surface area contributed by atoms with E-state index < -0.39 is 30.0 Å². The van der Waals surface area contributed by atoms with Crippen molar-refractivity contribution in [3.63, 3.8) is 0 Å². The summed E-state index contributed by atoms with van der Waals surface area (Å²) in [6, 6.07) is 20.6. The lowest BCUT2D eigenvalue weighted by Crippen LogP contribution is -2.46. The molecule has 0 radical (unpaired) electrons. The number of likely N-dealkylation sites (N-methyl/N-ethyl adjacent to an activating group) is 1. The topological polar surface area (TPSA) is 239 Å². The summed E-state index contributed by atoms with van der Waals surface area (Å²) in [4.78, 5) is 105. The number of carbonyl (C=O) groups is 8. The van der Waals surface area contributed by atoms with Crippen molar-refractivity contribution in [3.05, 3.63) is 101 Å². The van der Waals surface area contributed by atoms with Crippen LogP contribution in [-0.2, 0) is 72.0 Å². The van der Waals surface area contributed by atoms with E-state index in [9.17, 15) is 38.4 Å². The number of carbonyl (C=O) groups excluding carboxylic acids is 8. The van der Waals surface area contributed by atoms with Crippen LogP contribution >= 0.6 is 9.18 Å². The van der Waals surface area contributed by atoms with Gasteiger partial charge in [0.25, 0.3) is 0 Å². The molecule has 1 aliphatic rings. The summed E-state index contributed by atoms with van der Waals surface area (Å²) in [7, 11) is 1.16. The highest BCUT2D eigenvalue weighted by atomic mass is 31.0. The molecule has 0 aromatic heterocycles. The number of benzene rings is 3. The van der Waals surface area contributed by atoms with Crippen LogP contribution in [0.3, 0.4) is 0 Å². The molecule has 0 saturated heterocycles. The number of ether oxygens (including phenoxy) is 5. The molecule has 4 rings (SSSR count). The van der Waals surface area contributed by atoms with Crippen LogP contribution in [0.2, 0.25) is 0 Å². The molecule has 0 saturated carbocycles. The van der Waals surface area contributed by atoms with Gasteiger partial charge in [0.15, 0.2) is 11.6 Å². The minimum Gasteiger partial charge on any atom is -0.445 e. The average molecular weight is 1060 g/mol. The maximum atomic E-state index is 13.6. The third kappa shape index (κ3) is 23.4. The van der Waals surface area contributed by atoms with Gasteiger partial charge in [-0.05, 0) is 60.1 Å². The zero-order valence-electron chi connectivity index (χ0n) is 44.5. The Morgan fingerprint density at radius 3 is 2.04 bits per heavy atom. The monoisotopic (exact) mass is 1060 g/mol. The highest BCUT2D eigenvalue weighted by molar-refractivity contribution is 7.18. The van der Waals surface area contributed by atoms with Gasteiger partial charge in [-0.2, -0.15) is 0 Å². The number of anilines is 1. The lowest BCUT2D eigenvalue weighted by Gasteiger charge is -2.26. The van der Waals surface area contributed by atoms with Gasteiger partial charge in [-0.25, -0.2) is 9.59 Å². The number of fused-ring (bicyclic) bond motifs is 2. The van der Waals surface area contributed by atoms with Crippen molar-refractivity contribution < 1.29 is 62.0 Å². The van der Waals surface area contributed by atoms with Gasteiger partial charge in [-0.3, -0.25) is 28.8 Å². The predicted octanol–water partition coefficient (Wildman–Crippen LogP) is 5.51. The minimum absolute atomic E-state index is 0.00550. The SMILES string of the molecule is [2H]PCC(=O)CN(C)C(=O)OCc1ccc(CC(=O)[C@H](CCCNC(N)=O)NC(=O)[C@@H](CC(=O)CCOCCOCCOCCOCCCC(=O)CCC(=O)N2Cc3ccccc3C#Cc3ccccc32)C(C)C)cc1. The Labute approximate surface area is 444 Å². The number of Topliss-reactive ketones (excluding diaryl/α,β-unsaturated/α-hetero) is 4. The van der Waals surface area contributed by atoms with Crippen molar-refractivity contribution >= 4 is 61.9 Å². The summed E-state index contributed by atoms with van der Waals surface area (Å²) < 4.78 is 34.8. The lowest BCUT2D eigenvalue weighted by atomic mass is 9.88. The number of amides is 5. The van der Waals surface area contributed by atoms with Crippen molar-refractivity contribution in [3.8, 4) is 11.8 Å². The third-order valence-electron chi connectivity index (χ3n) is 12.1. The van der Waals surface area contributed by atoms with Crippen molar-refractivity contribution in [1.82, 2.24) is 15.5 Å². The Bertz CT molecular complexity index is 2450. The molecule has 1 unspecified atom stereocenters. The fourth-order valence-corrected chi connectivity index (χ4v) is 7.95. The number of hydrogen-bond acceptors (Lipinski definition) is 13. The van der Waals surface area contributed by atoms with Crippen LogP contribution in [0.1, 0.15) is 93.0 Å². The van der Waals surface area contributed by atoms with Gasteiger partial charge in [0.1, 0.15) is 18.2 Å². The van der Waals surface area contributed by atoms with Gasteiger partial charge in [-0.1, -0.05) is 80.3 Å². The molecule has 0 aliphatic carbocycles. The molecule has 1 aliphatic heterocycles. The number of nitrogens with zero attached hydrogens (tertiary/aromatic N) is 2. The second-order valence-corrected chi connectivity index (χ2v) is 18.8. The van der Waals surface area contributed by atoms with Crippen LogP contribution in [0.25, 0.3) is 0 Å². The number of rotatable bonds is 37. The molecule has 4 N–H and O–H groups in total. The van der Waals surface area contributed by atoms with E-state index >= 15 is 0 Å². The number of para-hydroxylation sites is 1. The predicted molar refractivity (Wildman–Crippen MR) is 286 cm³/mol. The molecule has 406 valence electrons. The van der Waals surface area contributed by atoms with Gasteiger partial charge in [0.05, 0.1) is 72.3 Å². The first-order chi connectivity index (χ1) is 36.6. The molecule has 5 amide bonds. The van der Waals surface area contributed by atoms with Crippen LogP contribution in [0.5, 0.6) is 0 Å². The van der Waals surface area contributed by atoms with Crippen molar-refractivity contribution in [2.75, 3.05) is 84.1 Å². The zero-order valence-corrected chi connectivity index (χ0v) is 44.5. The Hall–Kier alpha value is -6.35. The van der Waals surface area contributed by atoms with E-state index in [2.05, 4.69) is 22.5 Å². The Balaban J connectivity index is 1.05. The molecule has 18 nitrogen and oxygen atoms in total. The number of primary amides is 1. The van der Waals surface area contributed by atoms with Gasteiger partial charge in [-0.15, -0.1) is 9.18 Å². The normalized spacial score (nSPS) is 12.7. The zero-order chi connectivity index (χ0) is 55.1. The summed E-state index contributed by atoms with van der Waals surface area (Å²) >= 11 is 0. The molecule has 0 bridgehead atoms. The average Bonchev–Trinajstić information content (AvgIpc) is 3.39. The number of hydrogen-bond donors (Lipinski definition) is 3. The number of urea groups is 1. The van der Waals surface area contributed by atoms with Crippen LogP contribution < -0.4 is 21.3 Å². The van der Waals surface area contributed by atoms with E-state index in [0.717, 1.165) is 27.3 Å². The van der Waals surface area contributed by atoms with E-state index in [1.54, 1.807) is 29.2 Å². The van der Waals surface area contributed by atoms with E-state index in [1.165, 1.54) is 7.05 Å².